The van der Waals surface area contributed by atoms with Gasteiger partial charge < -0.3 is 9.84 Å². The van der Waals surface area contributed by atoms with Crippen LogP contribution in [0.1, 0.15) is 0 Å². The maximum absolute atomic E-state index is 9.77. The minimum absolute atomic E-state index is 0.100. The minimum Gasteiger partial charge on any atom is -0.504 e. The highest BCUT2D eigenvalue weighted by molar-refractivity contribution is 9.10. The fraction of sp³-hybridized carbons (Fsp3) is 0.0769. The van der Waals surface area contributed by atoms with Crippen LogP contribution in [0, 0.1) is 0 Å². The van der Waals surface area contributed by atoms with Gasteiger partial charge in [-0.05, 0) is 24.3 Å². The fourth-order valence-electron chi connectivity index (χ4n) is 1.41. The maximum Gasteiger partial charge on any atom is 0.161 e. The van der Waals surface area contributed by atoms with E-state index in [4.69, 9.17) is 16.3 Å². The van der Waals surface area contributed by atoms with Crippen LogP contribution in [0.25, 0.3) is 0 Å². The maximum atomic E-state index is 9.77. The summed E-state index contributed by atoms with van der Waals surface area (Å²) in [7, 11) is 1.58. The molecule has 0 radical (unpaired) electrons. The van der Waals surface area contributed by atoms with Crippen molar-refractivity contribution in [1.29, 1.82) is 0 Å². The second kappa shape index (κ2) is 6.04. The van der Waals surface area contributed by atoms with Crippen LogP contribution in [0.4, 0.5) is 11.4 Å². The van der Waals surface area contributed by atoms with E-state index in [9.17, 15) is 5.11 Å². The van der Waals surface area contributed by atoms with E-state index in [0.717, 1.165) is 4.47 Å². The lowest BCUT2D eigenvalue weighted by molar-refractivity contribution is 0.415. The highest BCUT2D eigenvalue weighted by Crippen LogP contribution is 2.37. The molecule has 0 atom stereocenters. The number of rotatable bonds is 3. The van der Waals surface area contributed by atoms with Gasteiger partial charge in [0.2, 0.25) is 0 Å². The Morgan fingerprint density at radius 2 is 2.00 bits per heavy atom. The lowest BCUT2D eigenvalue weighted by Gasteiger charge is -2.02. The van der Waals surface area contributed by atoms with E-state index in [2.05, 4.69) is 26.2 Å². The molecule has 98 valence electrons. The van der Waals surface area contributed by atoms with E-state index >= 15 is 0 Å². The minimum atomic E-state index is -0.100. The van der Waals surface area contributed by atoms with Gasteiger partial charge in [0.25, 0.3) is 0 Å². The Morgan fingerprint density at radius 3 is 2.74 bits per heavy atom. The zero-order valence-electron chi connectivity index (χ0n) is 9.97. The molecule has 4 nitrogen and oxygen atoms in total. The van der Waals surface area contributed by atoms with Gasteiger partial charge in [-0.25, -0.2) is 0 Å². The molecule has 0 fully saturated rings. The summed E-state index contributed by atoms with van der Waals surface area (Å²) in [6.45, 7) is 0. The lowest BCUT2D eigenvalue weighted by atomic mass is 10.3. The number of halogens is 2. The summed E-state index contributed by atoms with van der Waals surface area (Å²) in [5.41, 5.74) is 0.914. The van der Waals surface area contributed by atoms with Crippen molar-refractivity contribution in [2.75, 3.05) is 7.11 Å². The molecule has 0 aliphatic carbocycles. The average Bonchev–Trinajstić information content (AvgIpc) is 2.41. The summed E-state index contributed by atoms with van der Waals surface area (Å²) in [6, 6.07) is 10.3. The van der Waals surface area contributed by atoms with Crippen molar-refractivity contribution in [3.8, 4) is 11.5 Å². The first-order chi connectivity index (χ1) is 9.10. The van der Waals surface area contributed by atoms with Gasteiger partial charge in [-0.15, -0.1) is 5.11 Å². The fourth-order valence-corrected chi connectivity index (χ4v) is 2.20. The second-order valence-corrected chi connectivity index (χ2v) is 4.98. The number of phenolic OH excluding ortho intramolecular Hbond substituents is 1. The molecule has 0 aliphatic rings. The standard InChI is InChI=1S/C13H10BrClN2O2/c1-19-10-4-2-3-9(7-10)16-17-12-6-8(14)5-11(15)13(12)18/h2-7,18H,1H3. The number of methoxy groups -OCH3 is 1. The summed E-state index contributed by atoms with van der Waals surface area (Å²) in [4.78, 5) is 0. The van der Waals surface area contributed by atoms with E-state index in [1.165, 1.54) is 0 Å². The van der Waals surface area contributed by atoms with Crippen LogP contribution in [-0.2, 0) is 0 Å². The number of nitrogens with zero attached hydrogens (tertiary/aromatic N) is 2. The highest BCUT2D eigenvalue weighted by Gasteiger charge is 2.07. The van der Waals surface area contributed by atoms with Crippen molar-refractivity contribution >= 4 is 38.9 Å². The Labute approximate surface area is 123 Å². The first-order valence-electron chi connectivity index (χ1n) is 5.34. The molecule has 0 aromatic heterocycles. The number of benzene rings is 2. The topological polar surface area (TPSA) is 54.2 Å². The van der Waals surface area contributed by atoms with Crippen LogP contribution < -0.4 is 4.74 Å². The summed E-state index contributed by atoms with van der Waals surface area (Å²) < 4.78 is 5.81. The molecule has 0 amide bonds. The Morgan fingerprint density at radius 1 is 1.21 bits per heavy atom. The number of aromatic hydroxyl groups is 1. The molecule has 0 bridgehead atoms. The predicted octanol–water partition coefficient (Wildman–Crippen LogP) is 5.23. The Hall–Kier alpha value is -1.59. The van der Waals surface area contributed by atoms with Crippen LogP contribution in [0.5, 0.6) is 11.5 Å². The molecule has 0 saturated carbocycles. The third-order valence-corrected chi connectivity index (χ3v) is 3.08. The third-order valence-electron chi connectivity index (χ3n) is 2.33. The first-order valence-corrected chi connectivity index (χ1v) is 6.51. The quantitative estimate of drug-likeness (QED) is 0.777. The van der Waals surface area contributed by atoms with Crippen molar-refractivity contribution in [1.82, 2.24) is 0 Å². The van der Waals surface area contributed by atoms with Gasteiger partial charge in [0.05, 0.1) is 17.8 Å². The van der Waals surface area contributed by atoms with Crippen molar-refractivity contribution in [2.45, 2.75) is 0 Å². The van der Waals surface area contributed by atoms with Gasteiger partial charge in [0.15, 0.2) is 5.75 Å². The zero-order chi connectivity index (χ0) is 13.8. The van der Waals surface area contributed by atoms with E-state index in [1.54, 1.807) is 37.4 Å². The number of ether oxygens (including phenoxy) is 1. The van der Waals surface area contributed by atoms with Crippen molar-refractivity contribution in [3.63, 3.8) is 0 Å². The van der Waals surface area contributed by atoms with E-state index in [-0.39, 0.29) is 10.8 Å². The molecule has 1 N–H and O–H groups in total. The summed E-state index contributed by atoms with van der Waals surface area (Å²) >= 11 is 9.13. The molecule has 0 heterocycles. The molecular weight excluding hydrogens is 332 g/mol. The Bertz CT molecular complexity index is 632. The van der Waals surface area contributed by atoms with Crippen molar-refractivity contribution in [2.24, 2.45) is 10.2 Å². The molecule has 2 rings (SSSR count). The molecule has 0 saturated heterocycles. The summed E-state index contributed by atoms with van der Waals surface area (Å²) in [5.74, 6) is 0.587. The molecule has 0 spiro atoms. The lowest BCUT2D eigenvalue weighted by Crippen LogP contribution is -1.80. The van der Waals surface area contributed by atoms with Gasteiger partial charge in [-0.2, -0.15) is 5.11 Å². The SMILES string of the molecule is COc1cccc(N=Nc2cc(Br)cc(Cl)c2O)c1. The number of phenols is 1. The molecule has 2 aromatic carbocycles. The normalized spacial score (nSPS) is 10.9. The van der Waals surface area contributed by atoms with Crippen LogP contribution in [-0.4, -0.2) is 12.2 Å². The molecule has 19 heavy (non-hydrogen) atoms. The largest absolute Gasteiger partial charge is 0.504 e. The van der Waals surface area contributed by atoms with Crippen molar-refractivity contribution < 1.29 is 9.84 Å². The van der Waals surface area contributed by atoms with Gasteiger partial charge in [0.1, 0.15) is 11.4 Å². The Balaban J connectivity index is 2.32. The van der Waals surface area contributed by atoms with Crippen LogP contribution in [0.2, 0.25) is 5.02 Å². The average molecular weight is 342 g/mol. The van der Waals surface area contributed by atoms with E-state index in [1.807, 2.05) is 6.07 Å². The summed E-state index contributed by atoms with van der Waals surface area (Å²) in [5, 5.41) is 18.0. The van der Waals surface area contributed by atoms with Crippen molar-refractivity contribution in [3.05, 3.63) is 45.9 Å². The second-order valence-electron chi connectivity index (χ2n) is 3.66. The molecule has 2 aromatic rings. The molecule has 6 heteroatoms. The van der Waals surface area contributed by atoms with Crippen LogP contribution in [0.3, 0.4) is 0 Å². The monoisotopic (exact) mass is 340 g/mol. The van der Waals surface area contributed by atoms with Gasteiger partial charge in [-0.1, -0.05) is 33.6 Å². The number of hydrogen-bond acceptors (Lipinski definition) is 4. The zero-order valence-corrected chi connectivity index (χ0v) is 12.3. The van der Waals surface area contributed by atoms with Gasteiger partial charge in [-0.3, -0.25) is 0 Å². The van der Waals surface area contributed by atoms with E-state index < -0.39 is 0 Å². The Kier molecular flexibility index (Phi) is 4.39. The van der Waals surface area contributed by atoms with Gasteiger partial charge in [0, 0.05) is 10.5 Å². The predicted molar refractivity (Wildman–Crippen MR) is 78.0 cm³/mol. The third kappa shape index (κ3) is 3.45. The number of hydrogen-bond donors (Lipinski definition) is 1. The molecule has 0 unspecified atom stereocenters. The van der Waals surface area contributed by atoms with E-state index in [0.29, 0.717) is 17.1 Å². The smallest absolute Gasteiger partial charge is 0.161 e. The first kappa shape index (κ1) is 13.8. The highest BCUT2D eigenvalue weighted by atomic mass is 79.9. The molecule has 0 aliphatic heterocycles. The summed E-state index contributed by atoms with van der Waals surface area (Å²) in [6.07, 6.45) is 0. The molecular formula is C13H10BrClN2O2. The van der Waals surface area contributed by atoms with Crippen LogP contribution in [0.15, 0.2) is 51.1 Å². The van der Waals surface area contributed by atoms with Gasteiger partial charge >= 0.3 is 0 Å². The number of azo groups is 1. The van der Waals surface area contributed by atoms with Crippen LogP contribution >= 0.6 is 27.5 Å².